The van der Waals surface area contributed by atoms with Gasteiger partial charge in [0, 0.05) is 62.4 Å². The van der Waals surface area contributed by atoms with E-state index in [1.54, 1.807) is 12.1 Å². The first-order valence-corrected chi connectivity index (χ1v) is 10.7. The number of hydrogen-bond acceptors (Lipinski definition) is 2. The van der Waals surface area contributed by atoms with Crippen LogP contribution in [0.25, 0.3) is 54.2 Å². The van der Waals surface area contributed by atoms with Crippen LogP contribution in [0.15, 0.2) is 54.9 Å². The number of hydrogen-bond donors (Lipinski definition) is 0. The molecular formula is C22H6Br2Cl2O2. The van der Waals surface area contributed by atoms with Crippen LogP contribution in [0.4, 0.5) is 0 Å². The van der Waals surface area contributed by atoms with Crippen molar-refractivity contribution in [2.45, 2.75) is 0 Å². The van der Waals surface area contributed by atoms with Gasteiger partial charge in [0.15, 0.2) is 10.9 Å². The second-order valence-electron chi connectivity index (χ2n) is 6.97. The molecule has 4 aromatic carbocycles. The Morgan fingerprint density at radius 3 is 1.29 bits per heavy atom. The van der Waals surface area contributed by atoms with E-state index in [-0.39, 0.29) is 10.9 Å². The van der Waals surface area contributed by atoms with Gasteiger partial charge in [-0.3, -0.25) is 9.59 Å². The van der Waals surface area contributed by atoms with E-state index in [0.717, 1.165) is 41.6 Å². The van der Waals surface area contributed by atoms with Crippen LogP contribution in [0.1, 0.15) is 0 Å². The quantitative estimate of drug-likeness (QED) is 0.152. The average Bonchev–Trinajstić information content (AvgIpc) is 2.65. The Morgan fingerprint density at radius 1 is 0.536 bits per heavy atom. The lowest BCUT2D eigenvalue weighted by atomic mass is 9.81. The fraction of sp³-hybridized carbons (Fsp3) is 0. The van der Waals surface area contributed by atoms with Gasteiger partial charge in [-0.05, 0) is 47.2 Å². The van der Waals surface area contributed by atoms with Crippen molar-refractivity contribution in [2.24, 2.45) is 0 Å². The summed E-state index contributed by atoms with van der Waals surface area (Å²) in [6.07, 6.45) is 0. The highest BCUT2D eigenvalue weighted by Gasteiger charge is 2.28. The summed E-state index contributed by atoms with van der Waals surface area (Å²) >= 11 is 19.7. The lowest BCUT2D eigenvalue weighted by Gasteiger charge is -2.22. The molecule has 0 bridgehead atoms. The lowest BCUT2D eigenvalue weighted by molar-refractivity contribution is 1.62. The summed E-state index contributed by atoms with van der Waals surface area (Å²) in [5.41, 5.74) is 1.40. The first-order valence-electron chi connectivity index (χ1n) is 8.38. The zero-order valence-electron chi connectivity index (χ0n) is 13.8. The van der Waals surface area contributed by atoms with Crippen molar-refractivity contribution in [3.05, 3.63) is 75.8 Å². The van der Waals surface area contributed by atoms with Crippen molar-refractivity contribution < 1.29 is 0 Å². The van der Waals surface area contributed by atoms with Gasteiger partial charge in [-0.15, -0.1) is 0 Å². The molecule has 0 spiro atoms. The topological polar surface area (TPSA) is 34.1 Å². The predicted molar refractivity (Wildman–Crippen MR) is 125 cm³/mol. The van der Waals surface area contributed by atoms with Gasteiger partial charge in [0.1, 0.15) is 0 Å². The molecule has 6 rings (SSSR count). The molecule has 2 nitrogen and oxygen atoms in total. The van der Waals surface area contributed by atoms with Crippen molar-refractivity contribution in [2.75, 3.05) is 0 Å². The highest BCUT2D eigenvalue weighted by atomic mass is 79.9. The molecule has 4 aromatic rings. The summed E-state index contributed by atoms with van der Waals surface area (Å²) < 4.78 is 1.46. The Morgan fingerprint density at radius 2 is 0.893 bits per heavy atom. The molecule has 28 heavy (non-hydrogen) atoms. The maximum absolute atomic E-state index is 13.4. The minimum atomic E-state index is -0.100. The second-order valence-corrected chi connectivity index (χ2v) is 9.55. The molecule has 0 atom stereocenters. The van der Waals surface area contributed by atoms with E-state index in [9.17, 15) is 9.59 Å². The van der Waals surface area contributed by atoms with E-state index in [2.05, 4.69) is 31.9 Å². The standard InChI is InChI=1S/C22H6Br2Cl2O2/c23-15-5-13-19-17-9(15)1-7(25)3-11(17)21(27)14-6-16(24)10-2-8(26)4-12(22(13)28)18(10)20(14)19/h1-6H. The van der Waals surface area contributed by atoms with Gasteiger partial charge in [0.25, 0.3) is 0 Å². The van der Waals surface area contributed by atoms with Gasteiger partial charge in [-0.1, -0.05) is 55.1 Å². The van der Waals surface area contributed by atoms with Crippen LogP contribution in [0.5, 0.6) is 0 Å². The van der Waals surface area contributed by atoms with Crippen molar-refractivity contribution in [3.63, 3.8) is 0 Å². The van der Waals surface area contributed by atoms with Gasteiger partial charge < -0.3 is 0 Å². The van der Waals surface area contributed by atoms with Crippen LogP contribution in [0.2, 0.25) is 10.0 Å². The minimum Gasteiger partial charge on any atom is -0.289 e. The first kappa shape index (κ1) is 17.2. The molecule has 0 saturated heterocycles. The highest BCUT2D eigenvalue weighted by Crippen LogP contribution is 2.48. The molecular weight excluding hydrogens is 527 g/mol. The summed E-state index contributed by atoms with van der Waals surface area (Å²) in [6.45, 7) is 0. The molecule has 2 aliphatic carbocycles. The number of benzene rings is 6. The van der Waals surface area contributed by atoms with Gasteiger partial charge in [-0.2, -0.15) is 0 Å². The van der Waals surface area contributed by atoms with E-state index in [0.29, 0.717) is 31.6 Å². The molecule has 0 heterocycles. The maximum atomic E-state index is 13.4. The van der Waals surface area contributed by atoms with E-state index < -0.39 is 0 Å². The lowest BCUT2D eigenvalue weighted by Crippen LogP contribution is -2.13. The fourth-order valence-electron chi connectivity index (χ4n) is 4.48. The Labute approximate surface area is 184 Å². The third-order valence-corrected chi connectivity index (χ3v) is 7.28. The van der Waals surface area contributed by atoms with Gasteiger partial charge in [-0.25, -0.2) is 0 Å². The summed E-state index contributed by atoms with van der Waals surface area (Å²) in [5.74, 6) is 0. The van der Waals surface area contributed by atoms with Crippen molar-refractivity contribution in [3.8, 4) is 11.1 Å². The monoisotopic (exact) mass is 530 g/mol. The van der Waals surface area contributed by atoms with Crippen LogP contribution < -0.4 is 10.9 Å². The molecule has 0 amide bonds. The van der Waals surface area contributed by atoms with Crippen LogP contribution in [-0.4, -0.2) is 0 Å². The highest BCUT2D eigenvalue weighted by molar-refractivity contribution is 9.11. The molecule has 0 fully saturated rings. The van der Waals surface area contributed by atoms with Crippen LogP contribution in [0, 0.1) is 0 Å². The predicted octanol–water partition coefficient (Wildman–Crippen LogP) is 7.27. The molecule has 0 aromatic heterocycles. The summed E-state index contributed by atoms with van der Waals surface area (Å²) in [4.78, 5) is 26.9. The third kappa shape index (κ3) is 1.94. The van der Waals surface area contributed by atoms with Gasteiger partial charge in [0.2, 0.25) is 0 Å². The maximum Gasteiger partial charge on any atom is 0.194 e. The largest absolute Gasteiger partial charge is 0.289 e. The molecule has 0 aliphatic heterocycles. The molecule has 6 heteroatoms. The molecule has 134 valence electrons. The molecule has 0 saturated carbocycles. The Bertz CT molecular complexity index is 1570. The summed E-state index contributed by atoms with van der Waals surface area (Å²) in [5, 5.41) is 6.30. The second kappa shape index (κ2) is 5.45. The smallest absolute Gasteiger partial charge is 0.194 e. The van der Waals surface area contributed by atoms with E-state index in [1.165, 1.54) is 0 Å². The SMILES string of the molecule is O=c1c2cc(Br)c3cc(Cl)cc4c(=O)c5cc(Br)c6cc(Cl)cc1c6c5-c2c34. The van der Waals surface area contributed by atoms with Crippen LogP contribution in [0.3, 0.4) is 0 Å². The van der Waals surface area contributed by atoms with Crippen molar-refractivity contribution >= 4 is 98.2 Å². The van der Waals surface area contributed by atoms with Crippen molar-refractivity contribution in [1.82, 2.24) is 0 Å². The Balaban J connectivity index is 2.16. The molecule has 0 unspecified atom stereocenters. The zero-order valence-corrected chi connectivity index (χ0v) is 18.5. The van der Waals surface area contributed by atoms with E-state index >= 15 is 0 Å². The summed E-state index contributed by atoms with van der Waals surface area (Å²) in [6, 6.07) is 10.6. The number of halogens is 4. The zero-order chi connectivity index (χ0) is 19.5. The van der Waals surface area contributed by atoms with E-state index in [4.69, 9.17) is 23.2 Å². The van der Waals surface area contributed by atoms with Crippen LogP contribution >= 0.6 is 55.1 Å². The molecule has 0 radical (unpaired) electrons. The van der Waals surface area contributed by atoms with Gasteiger partial charge >= 0.3 is 0 Å². The number of rotatable bonds is 0. The minimum absolute atomic E-state index is 0.100. The first-order chi connectivity index (χ1) is 13.4. The fourth-order valence-corrected chi connectivity index (χ4v) is 6.00. The van der Waals surface area contributed by atoms with Crippen molar-refractivity contribution in [1.29, 1.82) is 0 Å². The molecule has 2 aliphatic rings. The van der Waals surface area contributed by atoms with Gasteiger partial charge in [0.05, 0.1) is 0 Å². The van der Waals surface area contributed by atoms with E-state index in [1.807, 2.05) is 24.3 Å². The third-order valence-electron chi connectivity index (χ3n) is 5.53. The Hall–Kier alpha value is -1.72. The van der Waals surface area contributed by atoms with Crippen LogP contribution in [-0.2, 0) is 0 Å². The normalized spacial score (nSPS) is 12.6. The Kier molecular flexibility index (Phi) is 3.34. The molecule has 0 N–H and O–H groups in total. The summed E-state index contributed by atoms with van der Waals surface area (Å²) in [7, 11) is 0. The average molecular weight is 533 g/mol.